The van der Waals surface area contributed by atoms with Gasteiger partial charge in [0.1, 0.15) is 12.1 Å². The van der Waals surface area contributed by atoms with Crippen LogP contribution in [0, 0.1) is 11.3 Å². The SMILES string of the molecule is CC(C)=CCN1C(=O)C(C(C)(C)C)NC(=O)C1C1CC1. The maximum absolute atomic E-state index is 12.8. The first kappa shape index (κ1) is 15.1. The summed E-state index contributed by atoms with van der Waals surface area (Å²) in [5.41, 5.74) is 0.912. The van der Waals surface area contributed by atoms with Gasteiger partial charge >= 0.3 is 0 Å². The van der Waals surface area contributed by atoms with Gasteiger partial charge in [0.2, 0.25) is 11.8 Å². The van der Waals surface area contributed by atoms with Crippen molar-refractivity contribution < 1.29 is 9.59 Å². The van der Waals surface area contributed by atoms with E-state index in [0.717, 1.165) is 12.8 Å². The Kier molecular flexibility index (Phi) is 3.94. The molecule has 112 valence electrons. The van der Waals surface area contributed by atoms with Crippen LogP contribution in [0.5, 0.6) is 0 Å². The first-order valence-electron chi connectivity index (χ1n) is 7.46. The fraction of sp³-hybridized carbons (Fsp3) is 0.750. The molecule has 1 saturated heterocycles. The third-order valence-corrected chi connectivity index (χ3v) is 4.05. The van der Waals surface area contributed by atoms with Gasteiger partial charge in [0.25, 0.3) is 0 Å². The highest BCUT2D eigenvalue weighted by atomic mass is 16.2. The molecule has 1 heterocycles. The Morgan fingerprint density at radius 1 is 1.30 bits per heavy atom. The van der Waals surface area contributed by atoms with Crippen molar-refractivity contribution in [1.82, 2.24) is 10.2 Å². The zero-order valence-electron chi connectivity index (χ0n) is 13.2. The second-order valence-corrected chi connectivity index (χ2v) is 7.36. The van der Waals surface area contributed by atoms with E-state index in [1.165, 1.54) is 5.57 Å². The molecule has 2 amide bonds. The van der Waals surface area contributed by atoms with E-state index in [1.807, 2.05) is 40.7 Å². The van der Waals surface area contributed by atoms with Crippen LogP contribution in [0.3, 0.4) is 0 Å². The lowest BCUT2D eigenvalue weighted by Gasteiger charge is -2.43. The summed E-state index contributed by atoms with van der Waals surface area (Å²) < 4.78 is 0. The lowest BCUT2D eigenvalue weighted by Crippen LogP contribution is -2.67. The van der Waals surface area contributed by atoms with Crippen molar-refractivity contribution in [3.8, 4) is 0 Å². The van der Waals surface area contributed by atoms with Crippen LogP contribution in [0.4, 0.5) is 0 Å². The van der Waals surface area contributed by atoms with Crippen LogP contribution in [0.25, 0.3) is 0 Å². The third kappa shape index (κ3) is 3.05. The Morgan fingerprint density at radius 2 is 1.90 bits per heavy atom. The maximum atomic E-state index is 12.8. The Balaban J connectivity index is 2.26. The van der Waals surface area contributed by atoms with Gasteiger partial charge in [-0.25, -0.2) is 0 Å². The largest absolute Gasteiger partial charge is 0.342 e. The average molecular weight is 278 g/mol. The Bertz CT molecular complexity index is 440. The summed E-state index contributed by atoms with van der Waals surface area (Å²) in [6.07, 6.45) is 4.14. The Labute approximate surface area is 121 Å². The molecule has 1 N–H and O–H groups in total. The average Bonchev–Trinajstić information content (AvgIpc) is 3.11. The zero-order valence-corrected chi connectivity index (χ0v) is 13.2. The molecular weight excluding hydrogens is 252 g/mol. The molecule has 2 atom stereocenters. The van der Waals surface area contributed by atoms with Crippen molar-refractivity contribution in [1.29, 1.82) is 0 Å². The summed E-state index contributed by atoms with van der Waals surface area (Å²) >= 11 is 0. The van der Waals surface area contributed by atoms with E-state index in [9.17, 15) is 9.59 Å². The van der Waals surface area contributed by atoms with Gasteiger partial charge < -0.3 is 10.2 Å². The van der Waals surface area contributed by atoms with Crippen LogP contribution in [-0.4, -0.2) is 35.3 Å². The topological polar surface area (TPSA) is 49.4 Å². The lowest BCUT2D eigenvalue weighted by atomic mass is 9.83. The molecule has 2 rings (SSSR count). The van der Waals surface area contributed by atoms with Crippen LogP contribution >= 0.6 is 0 Å². The number of rotatable bonds is 3. The number of nitrogens with one attached hydrogen (secondary N) is 1. The number of carbonyl (C=O) groups excluding carboxylic acids is 2. The van der Waals surface area contributed by atoms with Crippen LogP contribution in [0.2, 0.25) is 0 Å². The summed E-state index contributed by atoms with van der Waals surface area (Å²) in [5.74, 6) is 0.436. The van der Waals surface area contributed by atoms with Gasteiger partial charge in [0.15, 0.2) is 0 Å². The monoisotopic (exact) mass is 278 g/mol. The molecule has 4 nitrogen and oxygen atoms in total. The number of nitrogens with zero attached hydrogens (tertiary/aromatic N) is 1. The first-order chi connectivity index (χ1) is 9.21. The predicted molar refractivity (Wildman–Crippen MR) is 79.0 cm³/mol. The summed E-state index contributed by atoms with van der Waals surface area (Å²) in [7, 11) is 0. The van der Waals surface area contributed by atoms with E-state index >= 15 is 0 Å². The molecule has 0 spiro atoms. The minimum atomic E-state index is -0.421. The fourth-order valence-electron chi connectivity index (χ4n) is 2.69. The summed E-state index contributed by atoms with van der Waals surface area (Å²) in [6.45, 7) is 10.6. The van der Waals surface area contributed by atoms with Gasteiger partial charge in [0.05, 0.1) is 0 Å². The Morgan fingerprint density at radius 3 is 2.35 bits per heavy atom. The van der Waals surface area contributed by atoms with Crippen molar-refractivity contribution >= 4 is 11.8 Å². The zero-order chi connectivity index (χ0) is 15.1. The number of carbonyl (C=O) groups is 2. The van der Waals surface area contributed by atoms with E-state index < -0.39 is 6.04 Å². The van der Waals surface area contributed by atoms with Crippen molar-refractivity contribution in [3.05, 3.63) is 11.6 Å². The van der Waals surface area contributed by atoms with Crippen molar-refractivity contribution in [2.24, 2.45) is 11.3 Å². The van der Waals surface area contributed by atoms with Gasteiger partial charge in [-0.3, -0.25) is 9.59 Å². The van der Waals surface area contributed by atoms with Crippen LogP contribution < -0.4 is 5.32 Å². The van der Waals surface area contributed by atoms with Crippen molar-refractivity contribution in [3.63, 3.8) is 0 Å². The highest BCUT2D eigenvalue weighted by molar-refractivity contribution is 5.97. The summed E-state index contributed by atoms with van der Waals surface area (Å²) in [6, 6.07) is -0.688. The van der Waals surface area contributed by atoms with E-state index in [-0.39, 0.29) is 23.3 Å². The molecule has 0 bridgehead atoms. The van der Waals surface area contributed by atoms with Gasteiger partial charge in [-0.15, -0.1) is 0 Å². The number of allylic oxidation sites excluding steroid dienone is 1. The molecule has 0 aromatic heterocycles. The maximum Gasteiger partial charge on any atom is 0.246 e. The molecule has 4 heteroatoms. The number of hydrogen-bond acceptors (Lipinski definition) is 2. The number of piperazine rings is 1. The third-order valence-electron chi connectivity index (χ3n) is 4.05. The summed E-state index contributed by atoms with van der Waals surface area (Å²) in [5, 5.41) is 2.94. The highest BCUT2D eigenvalue weighted by Gasteiger charge is 2.49. The standard InChI is InChI=1S/C16H26N2O2/c1-10(2)8-9-18-12(11-6-7-11)14(19)17-13(15(18)20)16(3,4)5/h8,11-13H,6-7,9H2,1-5H3,(H,17,19). The molecule has 0 aromatic carbocycles. The lowest BCUT2D eigenvalue weighted by molar-refractivity contribution is -0.152. The molecule has 2 fully saturated rings. The van der Waals surface area contributed by atoms with Crippen LogP contribution in [0.1, 0.15) is 47.5 Å². The molecule has 2 unspecified atom stereocenters. The minimum absolute atomic E-state index is 0.0224. The van der Waals surface area contributed by atoms with Gasteiger partial charge in [-0.1, -0.05) is 32.4 Å². The molecule has 0 aromatic rings. The van der Waals surface area contributed by atoms with E-state index in [2.05, 4.69) is 5.32 Å². The van der Waals surface area contributed by atoms with Crippen LogP contribution in [-0.2, 0) is 9.59 Å². The molecule has 2 aliphatic rings. The van der Waals surface area contributed by atoms with Gasteiger partial charge in [-0.2, -0.15) is 0 Å². The second-order valence-electron chi connectivity index (χ2n) is 7.36. The summed E-state index contributed by atoms with van der Waals surface area (Å²) in [4.78, 5) is 27.0. The quantitative estimate of drug-likeness (QED) is 0.804. The first-order valence-corrected chi connectivity index (χ1v) is 7.46. The smallest absolute Gasteiger partial charge is 0.246 e. The number of hydrogen-bond donors (Lipinski definition) is 1. The van der Waals surface area contributed by atoms with E-state index in [0.29, 0.717) is 12.5 Å². The Hall–Kier alpha value is -1.32. The molecule has 1 aliphatic heterocycles. The van der Waals surface area contributed by atoms with Crippen molar-refractivity contribution in [2.45, 2.75) is 59.5 Å². The second kappa shape index (κ2) is 5.23. The number of amides is 2. The molecule has 1 saturated carbocycles. The fourth-order valence-corrected chi connectivity index (χ4v) is 2.69. The highest BCUT2D eigenvalue weighted by Crippen LogP contribution is 2.38. The molecule has 0 radical (unpaired) electrons. The van der Waals surface area contributed by atoms with E-state index in [4.69, 9.17) is 0 Å². The minimum Gasteiger partial charge on any atom is -0.342 e. The van der Waals surface area contributed by atoms with Gasteiger partial charge in [-0.05, 0) is 38.0 Å². The normalized spacial score (nSPS) is 27.4. The van der Waals surface area contributed by atoms with Crippen molar-refractivity contribution in [2.75, 3.05) is 6.54 Å². The molecular formula is C16H26N2O2. The van der Waals surface area contributed by atoms with Gasteiger partial charge in [0, 0.05) is 6.54 Å². The molecule has 1 aliphatic carbocycles. The molecule has 20 heavy (non-hydrogen) atoms. The predicted octanol–water partition coefficient (Wildman–Crippen LogP) is 2.10. The van der Waals surface area contributed by atoms with Crippen LogP contribution in [0.15, 0.2) is 11.6 Å². The van der Waals surface area contributed by atoms with E-state index in [1.54, 1.807) is 4.90 Å².